The van der Waals surface area contributed by atoms with E-state index < -0.39 is 0 Å². The molecule has 1 heterocycles. The van der Waals surface area contributed by atoms with Crippen LogP contribution >= 0.6 is 0 Å². The van der Waals surface area contributed by atoms with Crippen molar-refractivity contribution in [2.45, 2.75) is 107 Å². The fourth-order valence-electron chi connectivity index (χ4n) is 3.87. The summed E-state index contributed by atoms with van der Waals surface area (Å²) >= 11 is 0. The Morgan fingerprint density at radius 2 is 1.12 bits per heavy atom. The summed E-state index contributed by atoms with van der Waals surface area (Å²) < 4.78 is 0. The average Bonchev–Trinajstić information content (AvgIpc) is 3.28. The maximum atomic E-state index is 2.48. The lowest BCUT2D eigenvalue weighted by Crippen LogP contribution is -2.45. The van der Waals surface area contributed by atoms with Gasteiger partial charge in [-0.3, -0.25) is 0 Å². The normalized spacial score (nSPS) is 27.2. The van der Waals surface area contributed by atoms with E-state index in [-0.39, 0.29) is 7.43 Å². The molecule has 0 bridgehead atoms. The molecule has 3 rings (SSSR count). The van der Waals surface area contributed by atoms with Crippen molar-refractivity contribution in [2.75, 3.05) is 19.6 Å². The monoisotopic (exact) mass is 339 g/mol. The first kappa shape index (κ1) is 24.0. The molecule has 0 amide bonds. The zero-order valence-corrected chi connectivity index (χ0v) is 17.2. The van der Waals surface area contributed by atoms with Gasteiger partial charge in [0.1, 0.15) is 0 Å². The number of likely N-dealkylation sites (tertiary alicyclic amines) is 1. The van der Waals surface area contributed by atoms with Crippen LogP contribution in [0.3, 0.4) is 0 Å². The minimum atomic E-state index is 0. The molecule has 0 radical (unpaired) electrons. The summed E-state index contributed by atoms with van der Waals surface area (Å²) in [6.45, 7) is 17.7. The van der Waals surface area contributed by atoms with Crippen LogP contribution in [0.2, 0.25) is 0 Å². The lowest BCUT2D eigenvalue weighted by Gasteiger charge is -2.37. The van der Waals surface area contributed by atoms with Crippen molar-refractivity contribution in [3.63, 3.8) is 0 Å². The van der Waals surface area contributed by atoms with Crippen LogP contribution in [0.1, 0.15) is 107 Å². The first-order valence-electron chi connectivity index (χ1n) is 10.8. The van der Waals surface area contributed by atoms with Crippen molar-refractivity contribution in [3.8, 4) is 0 Å². The molecule has 0 spiro atoms. The molecule has 1 heteroatoms. The summed E-state index contributed by atoms with van der Waals surface area (Å²) in [5, 5.41) is 0. The standard InChI is InChI=1S/C8H16.C7H15N.C7H14.CH4/c2*1-3-7-5-8(4-2)6-7;1-3-7(4-2)5-6-7;/h7-8H,3-6H2,1-2H3;7H,3-6H2,1-2H3;3-6H2,1-2H3;1H4. The molecule has 1 nitrogen and oxygen atoms in total. The maximum Gasteiger partial charge on any atom is 0.00218 e. The molecule has 2 saturated carbocycles. The third kappa shape index (κ3) is 7.89. The van der Waals surface area contributed by atoms with Crippen molar-refractivity contribution in [1.82, 2.24) is 4.90 Å². The highest BCUT2D eigenvalue weighted by Crippen LogP contribution is 2.51. The van der Waals surface area contributed by atoms with Crippen LogP contribution in [-0.2, 0) is 0 Å². The number of rotatable bonds is 6. The largest absolute Gasteiger partial charge is 0.303 e. The van der Waals surface area contributed by atoms with E-state index in [1.807, 2.05) is 0 Å². The fraction of sp³-hybridized carbons (Fsp3) is 1.00. The van der Waals surface area contributed by atoms with Gasteiger partial charge in [0.15, 0.2) is 0 Å². The third-order valence-corrected chi connectivity index (χ3v) is 7.00. The van der Waals surface area contributed by atoms with E-state index in [2.05, 4.69) is 46.4 Å². The van der Waals surface area contributed by atoms with E-state index in [0.717, 1.165) is 23.2 Å². The lowest BCUT2D eigenvalue weighted by molar-refractivity contribution is 0.105. The topological polar surface area (TPSA) is 3.24 Å². The van der Waals surface area contributed by atoms with Crippen molar-refractivity contribution in [3.05, 3.63) is 0 Å². The van der Waals surface area contributed by atoms with Gasteiger partial charge in [0, 0.05) is 13.1 Å². The number of nitrogens with zero attached hydrogens (tertiary/aromatic N) is 1. The predicted molar refractivity (Wildman–Crippen MR) is 112 cm³/mol. The van der Waals surface area contributed by atoms with E-state index in [0.29, 0.717) is 0 Å². The summed E-state index contributed by atoms with van der Waals surface area (Å²) in [4.78, 5) is 2.48. The Morgan fingerprint density at radius 1 is 0.708 bits per heavy atom. The van der Waals surface area contributed by atoms with E-state index >= 15 is 0 Å². The van der Waals surface area contributed by atoms with Gasteiger partial charge in [0.05, 0.1) is 0 Å². The molecule has 146 valence electrons. The van der Waals surface area contributed by atoms with Gasteiger partial charge in [-0.05, 0) is 55.4 Å². The van der Waals surface area contributed by atoms with Crippen molar-refractivity contribution < 1.29 is 0 Å². The van der Waals surface area contributed by atoms with E-state index in [1.165, 1.54) is 77.4 Å². The minimum absolute atomic E-state index is 0. The second-order valence-corrected chi connectivity index (χ2v) is 8.35. The molecular formula is C23H49N. The molecule has 1 saturated heterocycles. The van der Waals surface area contributed by atoms with Gasteiger partial charge >= 0.3 is 0 Å². The van der Waals surface area contributed by atoms with Crippen molar-refractivity contribution in [2.24, 2.45) is 23.2 Å². The first-order valence-corrected chi connectivity index (χ1v) is 10.8. The lowest BCUT2D eigenvalue weighted by atomic mass is 9.72. The van der Waals surface area contributed by atoms with Crippen LogP contribution in [-0.4, -0.2) is 24.5 Å². The average molecular weight is 340 g/mol. The van der Waals surface area contributed by atoms with E-state index in [4.69, 9.17) is 0 Å². The van der Waals surface area contributed by atoms with Gasteiger partial charge in [-0.15, -0.1) is 0 Å². The van der Waals surface area contributed by atoms with Gasteiger partial charge in [-0.25, -0.2) is 0 Å². The highest BCUT2D eigenvalue weighted by molar-refractivity contribution is 4.89. The summed E-state index contributed by atoms with van der Waals surface area (Å²) in [6, 6.07) is 0. The Bertz CT molecular complexity index is 240. The van der Waals surface area contributed by atoms with Crippen LogP contribution in [0.15, 0.2) is 0 Å². The molecule has 0 N–H and O–H groups in total. The van der Waals surface area contributed by atoms with Gasteiger partial charge in [-0.2, -0.15) is 0 Å². The maximum absolute atomic E-state index is 2.48. The van der Waals surface area contributed by atoms with Crippen LogP contribution in [0.25, 0.3) is 0 Å². The molecule has 3 aliphatic rings. The molecule has 0 unspecified atom stereocenters. The molecule has 0 aromatic heterocycles. The molecule has 0 atom stereocenters. The Balaban J connectivity index is 0.000000325. The number of hydrogen-bond donors (Lipinski definition) is 0. The molecule has 0 aromatic carbocycles. The van der Waals surface area contributed by atoms with Crippen LogP contribution in [0.4, 0.5) is 0 Å². The molecule has 0 aromatic rings. The van der Waals surface area contributed by atoms with Crippen LogP contribution in [0, 0.1) is 23.2 Å². The Labute approximate surface area is 155 Å². The summed E-state index contributed by atoms with van der Waals surface area (Å²) in [5.74, 6) is 3.22. The quantitative estimate of drug-likeness (QED) is 0.487. The summed E-state index contributed by atoms with van der Waals surface area (Å²) in [7, 11) is 0. The smallest absolute Gasteiger partial charge is 0.00218 e. The second-order valence-electron chi connectivity index (χ2n) is 8.35. The first-order chi connectivity index (χ1) is 11.1. The zero-order valence-electron chi connectivity index (χ0n) is 17.2. The van der Waals surface area contributed by atoms with Crippen molar-refractivity contribution >= 4 is 0 Å². The van der Waals surface area contributed by atoms with Gasteiger partial charge < -0.3 is 4.90 Å². The zero-order chi connectivity index (χ0) is 17.3. The third-order valence-electron chi connectivity index (χ3n) is 7.00. The molecule has 2 aliphatic carbocycles. The summed E-state index contributed by atoms with van der Waals surface area (Å²) in [5.41, 5.74) is 0.833. The van der Waals surface area contributed by atoms with E-state index in [9.17, 15) is 0 Å². The highest BCUT2D eigenvalue weighted by atomic mass is 15.2. The van der Waals surface area contributed by atoms with Crippen LogP contribution < -0.4 is 0 Å². The van der Waals surface area contributed by atoms with Crippen molar-refractivity contribution in [1.29, 1.82) is 0 Å². The van der Waals surface area contributed by atoms with Gasteiger partial charge in [0.25, 0.3) is 0 Å². The minimum Gasteiger partial charge on any atom is -0.303 e. The molecular weight excluding hydrogens is 290 g/mol. The van der Waals surface area contributed by atoms with Gasteiger partial charge in [-0.1, -0.05) is 81.1 Å². The van der Waals surface area contributed by atoms with Crippen LogP contribution in [0.5, 0.6) is 0 Å². The molecule has 3 fully saturated rings. The molecule has 24 heavy (non-hydrogen) atoms. The molecule has 1 aliphatic heterocycles. The van der Waals surface area contributed by atoms with Gasteiger partial charge in [0.2, 0.25) is 0 Å². The Morgan fingerprint density at radius 3 is 1.33 bits per heavy atom. The Kier molecular flexibility index (Phi) is 12.3. The summed E-state index contributed by atoms with van der Waals surface area (Å²) in [6.07, 6.45) is 13.1. The number of hydrogen-bond acceptors (Lipinski definition) is 1. The predicted octanol–water partition coefficient (Wildman–Crippen LogP) is 7.40. The van der Waals surface area contributed by atoms with E-state index in [1.54, 1.807) is 0 Å². The Hall–Kier alpha value is -0.0400. The fourth-order valence-corrected chi connectivity index (χ4v) is 3.87. The highest BCUT2D eigenvalue weighted by Gasteiger charge is 2.38. The second kappa shape index (κ2) is 12.3. The SMILES string of the molecule is C.CCC1(CC)CC1.CCC1CC(CC)C1.CCC1CN(CC)C1.